The fourth-order valence-corrected chi connectivity index (χ4v) is 6.71. The zero-order valence-corrected chi connectivity index (χ0v) is 25.2. The predicted octanol–water partition coefficient (Wildman–Crippen LogP) is 4.12. The van der Waals surface area contributed by atoms with Crippen molar-refractivity contribution in [3.05, 3.63) is 101 Å². The number of aliphatic hydroxyl groups is 1. The summed E-state index contributed by atoms with van der Waals surface area (Å²) in [5, 5.41) is 25.0. The standard InChI is InChI=1S/C33H39N3O5S/c1-5-23-24(16-11-17-25(23)37)28(38)26(27(34)21-13-7-6-8-14-21)29(39)32(41)36-19-42-33(3,4)30(36)31(40)35-18-22-15-10-9-12-20(22)2/h6-17,26-27,29-30,37,39H,5,18-19,34H2,1-4H3,(H,35,40)/t26-,27?,29+,30-/m1/s1. The summed E-state index contributed by atoms with van der Waals surface area (Å²) in [6.45, 7) is 7.84. The molecule has 0 aromatic heterocycles. The number of aromatic hydroxyl groups is 1. The van der Waals surface area contributed by atoms with E-state index in [9.17, 15) is 24.6 Å². The molecular formula is C33H39N3O5S. The Kier molecular flexibility index (Phi) is 9.76. The maximum atomic E-state index is 14.1. The number of amides is 2. The van der Waals surface area contributed by atoms with E-state index in [-0.39, 0.29) is 23.1 Å². The SMILES string of the molecule is CCc1c(O)cccc1C(=O)[C@@H](C(N)c1ccccc1)[C@H](O)C(=O)N1CSC(C)(C)[C@H]1C(=O)NCc1ccccc1C. The number of phenols is 1. The number of Topliss-reactive ketones (excluding diaryl/α,β-unsaturated/α-hetero) is 1. The Hall–Kier alpha value is -3.66. The summed E-state index contributed by atoms with van der Waals surface area (Å²) in [6, 6.07) is 19.3. The minimum absolute atomic E-state index is 0.0423. The largest absolute Gasteiger partial charge is 0.508 e. The molecular weight excluding hydrogens is 550 g/mol. The van der Waals surface area contributed by atoms with Gasteiger partial charge in [-0.3, -0.25) is 14.4 Å². The van der Waals surface area contributed by atoms with Gasteiger partial charge in [0.2, 0.25) is 5.91 Å². The van der Waals surface area contributed by atoms with E-state index in [1.54, 1.807) is 36.4 Å². The Balaban J connectivity index is 1.66. The van der Waals surface area contributed by atoms with Crippen molar-refractivity contribution in [2.24, 2.45) is 11.7 Å². The molecule has 0 spiro atoms. The van der Waals surface area contributed by atoms with Gasteiger partial charge in [-0.25, -0.2) is 0 Å². The van der Waals surface area contributed by atoms with Crippen LogP contribution < -0.4 is 11.1 Å². The van der Waals surface area contributed by atoms with Gasteiger partial charge in [-0.05, 0) is 49.9 Å². The Morgan fingerprint density at radius 2 is 1.71 bits per heavy atom. The van der Waals surface area contributed by atoms with Gasteiger partial charge in [-0.1, -0.05) is 73.7 Å². The lowest BCUT2D eigenvalue weighted by Crippen LogP contribution is -2.57. The number of nitrogens with two attached hydrogens (primary N) is 1. The van der Waals surface area contributed by atoms with Gasteiger partial charge in [0.05, 0.1) is 11.8 Å². The lowest BCUT2D eigenvalue weighted by atomic mass is 9.81. The van der Waals surface area contributed by atoms with E-state index in [4.69, 9.17) is 5.73 Å². The smallest absolute Gasteiger partial charge is 0.253 e. The quantitative estimate of drug-likeness (QED) is 0.262. The lowest BCUT2D eigenvalue weighted by molar-refractivity contribution is -0.148. The van der Waals surface area contributed by atoms with Gasteiger partial charge in [0, 0.05) is 28.5 Å². The van der Waals surface area contributed by atoms with Crippen LogP contribution in [0.5, 0.6) is 5.75 Å². The zero-order chi connectivity index (χ0) is 30.6. The number of rotatable bonds is 10. The molecule has 4 rings (SSSR count). The van der Waals surface area contributed by atoms with Crippen molar-refractivity contribution in [1.82, 2.24) is 10.2 Å². The van der Waals surface area contributed by atoms with E-state index in [0.29, 0.717) is 24.1 Å². The first-order valence-corrected chi connectivity index (χ1v) is 15.1. The minimum Gasteiger partial charge on any atom is -0.508 e. The van der Waals surface area contributed by atoms with E-state index >= 15 is 0 Å². The van der Waals surface area contributed by atoms with Gasteiger partial charge in [0.15, 0.2) is 5.78 Å². The van der Waals surface area contributed by atoms with Crippen LogP contribution >= 0.6 is 11.8 Å². The second-order valence-corrected chi connectivity index (χ2v) is 12.8. The molecule has 0 saturated carbocycles. The van der Waals surface area contributed by atoms with Gasteiger partial charge in [0.25, 0.3) is 5.91 Å². The van der Waals surface area contributed by atoms with Crippen LogP contribution in [0.4, 0.5) is 0 Å². The number of benzene rings is 3. The Morgan fingerprint density at radius 3 is 2.38 bits per heavy atom. The first-order chi connectivity index (χ1) is 20.0. The number of carbonyl (C=O) groups excluding carboxylic acids is 3. The summed E-state index contributed by atoms with van der Waals surface area (Å²) in [5.74, 6) is -2.88. The van der Waals surface area contributed by atoms with Crippen molar-refractivity contribution in [1.29, 1.82) is 0 Å². The molecule has 1 saturated heterocycles. The number of phenolic OH excluding ortho intramolecular Hbond substituents is 1. The van der Waals surface area contributed by atoms with Crippen molar-refractivity contribution in [2.75, 3.05) is 5.88 Å². The molecule has 2 amide bonds. The average Bonchev–Trinajstić information content (AvgIpc) is 3.31. The van der Waals surface area contributed by atoms with E-state index in [2.05, 4.69) is 5.32 Å². The first kappa shape index (κ1) is 31.3. The highest BCUT2D eigenvalue weighted by molar-refractivity contribution is 8.00. The Labute approximate surface area is 251 Å². The first-order valence-electron chi connectivity index (χ1n) is 14.1. The second-order valence-electron chi connectivity index (χ2n) is 11.2. The highest BCUT2D eigenvalue weighted by Gasteiger charge is 2.51. The third-order valence-electron chi connectivity index (χ3n) is 8.03. The molecule has 0 bridgehead atoms. The van der Waals surface area contributed by atoms with Gasteiger partial charge in [0.1, 0.15) is 17.9 Å². The zero-order valence-electron chi connectivity index (χ0n) is 24.4. The normalized spacial score (nSPS) is 18.2. The van der Waals surface area contributed by atoms with Crippen LogP contribution in [0.1, 0.15) is 59.4 Å². The number of aryl methyl sites for hydroxylation is 1. The number of hydrogen-bond donors (Lipinski definition) is 4. The van der Waals surface area contributed by atoms with Crippen LogP contribution in [0.25, 0.3) is 0 Å². The van der Waals surface area contributed by atoms with E-state index in [0.717, 1.165) is 11.1 Å². The monoisotopic (exact) mass is 589 g/mol. The number of aliphatic hydroxyl groups excluding tert-OH is 1. The average molecular weight is 590 g/mol. The molecule has 0 radical (unpaired) electrons. The molecule has 3 aromatic carbocycles. The highest BCUT2D eigenvalue weighted by Crippen LogP contribution is 2.41. The van der Waals surface area contributed by atoms with Crippen molar-refractivity contribution < 1.29 is 24.6 Å². The third kappa shape index (κ3) is 6.38. The summed E-state index contributed by atoms with van der Waals surface area (Å²) >= 11 is 1.43. The molecule has 3 aromatic rings. The molecule has 8 nitrogen and oxygen atoms in total. The molecule has 222 valence electrons. The molecule has 4 atom stereocenters. The van der Waals surface area contributed by atoms with Crippen molar-refractivity contribution in [2.45, 2.75) is 63.6 Å². The van der Waals surface area contributed by atoms with E-state index in [1.165, 1.54) is 22.7 Å². The van der Waals surface area contributed by atoms with Gasteiger partial charge >= 0.3 is 0 Å². The molecule has 1 fully saturated rings. The Bertz CT molecular complexity index is 1440. The van der Waals surface area contributed by atoms with Crippen LogP contribution in [-0.4, -0.2) is 55.5 Å². The number of nitrogens with zero attached hydrogens (tertiary/aromatic N) is 1. The van der Waals surface area contributed by atoms with Gasteiger partial charge < -0.3 is 26.2 Å². The highest BCUT2D eigenvalue weighted by atomic mass is 32.2. The third-order valence-corrected chi connectivity index (χ3v) is 9.40. The fraction of sp³-hybridized carbons (Fsp3) is 0.364. The van der Waals surface area contributed by atoms with Crippen LogP contribution in [-0.2, 0) is 22.6 Å². The van der Waals surface area contributed by atoms with Crippen LogP contribution in [0.15, 0.2) is 72.8 Å². The summed E-state index contributed by atoms with van der Waals surface area (Å²) in [6.07, 6.45) is -1.47. The van der Waals surface area contributed by atoms with E-state index < -0.39 is 40.5 Å². The van der Waals surface area contributed by atoms with Gasteiger partial charge in [-0.15, -0.1) is 11.8 Å². The fourth-order valence-electron chi connectivity index (χ4n) is 5.57. The summed E-state index contributed by atoms with van der Waals surface area (Å²) in [5.41, 5.74) is 9.81. The maximum absolute atomic E-state index is 14.1. The van der Waals surface area contributed by atoms with Crippen LogP contribution in [0.3, 0.4) is 0 Å². The molecule has 1 aliphatic heterocycles. The number of ketones is 1. The topological polar surface area (TPSA) is 133 Å². The van der Waals surface area contributed by atoms with Crippen LogP contribution in [0.2, 0.25) is 0 Å². The number of hydrogen-bond acceptors (Lipinski definition) is 7. The molecule has 42 heavy (non-hydrogen) atoms. The molecule has 0 aliphatic carbocycles. The molecule has 9 heteroatoms. The lowest BCUT2D eigenvalue weighted by Gasteiger charge is -2.34. The van der Waals surface area contributed by atoms with Crippen molar-refractivity contribution >= 4 is 29.4 Å². The van der Waals surface area contributed by atoms with Crippen molar-refractivity contribution in [3.8, 4) is 5.75 Å². The molecule has 1 aliphatic rings. The summed E-state index contributed by atoms with van der Waals surface area (Å²) in [7, 11) is 0. The minimum atomic E-state index is -1.83. The predicted molar refractivity (Wildman–Crippen MR) is 165 cm³/mol. The number of nitrogens with one attached hydrogen (secondary N) is 1. The Morgan fingerprint density at radius 1 is 1.05 bits per heavy atom. The van der Waals surface area contributed by atoms with E-state index in [1.807, 2.05) is 58.0 Å². The number of carbonyl (C=O) groups is 3. The van der Waals surface area contributed by atoms with Gasteiger partial charge in [-0.2, -0.15) is 0 Å². The molecule has 1 heterocycles. The summed E-state index contributed by atoms with van der Waals surface area (Å²) < 4.78 is -0.646. The van der Waals surface area contributed by atoms with Crippen molar-refractivity contribution in [3.63, 3.8) is 0 Å². The molecule has 1 unspecified atom stereocenters. The second kappa shape index (κ2) is 13.1. The number of thioether (sulfide) groups is 1. The summed E-state index contributed by atoms with van der Waals surface area (Å²) in [4.78, 5) is 43.0. The van der Waals surface area contributed by atoms with Crippen LogP contribution in [0, 0.1) is 12.8 Å². The maximum Gasteiger partial charge on any atom is 0.253 e. The molecule has 5 N–H and O–H groups in total.